The minimum absolute atomic E-state index is 0.0137. The highest BCUT2D eigenvalue weighted by Gasteiger charge is 2.22. The summed E-state index contributed by atoms with van der Waals surface area (Å²) in [5.41, 5.74) is 2.16. The van der Waals surface area contributed by atoms with E-state index >= 15 is 0 Å². The van der Waals surface area contributed by atoms with E-state index < -0.39 is 5.97 Å². The monoisotopic (exact) mass is 429 g/mol. The Balaban J connectivity index is 0.000000230. The first-order chi connectivity index (χ1) is 14.3. The lowest BCUT2D eigenvalue weighted by Gasteiger charge is -2.15. The fourth-order valence-corrected chi connectivity index (χ4v) is 3.90. The van der Waals surface area contributed by atoms with Gasteiger partial charge in [0.1, 0.15) is 0 Å². The van der Waals surface area contributed by atoms with Crippen LogP contribution in [0.15, 0.2) is 53.4 Å². The zero-order valence-electron chi connectivity index (χ0n) is 17.8. The van der Waals surface area contributed by atoms with Gasteiger partial charge in [0.05, 0.1) is 18.2 Å². The van der Waals surface area contributed by atoms with E-state index in [2.05, 4.69) is 17.4 Å². The normalized spacial score (nSPS) is 13.9. The zero-order valence-corrected chi connectivity index (χ0v) is 18.6. The molecular formula is C24H31NO4S. The van der Waals surface area contributed by atoms with Crippen LogP contribution in [0.4, 0.5) is 0 Å². The number of rotatable bonds is 8. The quantitative estimate of drug-likeness (QED) is 0.547. The van der Waals surface area contributed by atoms with Crippen molar-refractivity contribution in [3.8, 4) is 0 Å². The summed E-state index contributed by atoms with van der Waals surface area (Å²) >= 11 is 1.93. The fraction of sp³-hybridized carbons (Fsp3) is 0.417. The Morgan fingerprint density at radius 3 is 2.30 bits per heavy atom. The number of aliphatic hydroxyl groups excluding tert-OH is 1. The van der Waals surface area contributed by atoms with Crippen LogP contribution in [-0.2, 0) is 11.4 Å². The Kier molecular flexibility index (Phi) is 9.40. The van der Waals surface area contributed by atoms with Gasteiger partial charge >= 0.3 is 5.97 Å². The van der Waals surface area contributed by atoms with Crippen LogP contribution in [0.5, 0.6) is 0 Å². The van der Waals surface area contributed by atoms with Crippen LogP contribution >= 0.6 is 11.8 Å². The molecule has 2 aromatic carbocycles. The number of aliphatic hydroxyl groups is 1. The highest BCUT2D eigenvalue weighted by molar-refractivity contribution is 8.00. The molecule has 0 bridgehead atoms. The van der Waals surface area contributed by atoms with Gasteiger partial charge in [0.15, 0.2) is 0 Å². The van der Waals surface area contributed by atoms with Crippen LogP contribution in [-0.4, -0.2) is 27.3 Å². The van der Waals surface area contributed by atoms with E-state index in [9.17, 15) is 9.59 Å². The van der Waals surface area contributed by atoms with Gasteiger partial charge in [0.25, 0.3) is 0 Å². The van der Waals surface area contributed by atoms with E-state index in [1.807, 2.05) is 44.7 Å². The summed E-state index contributed by atoms with van der Waals surface area (Å²) in [6.45, 7) is 6.02. The molecule has 5 nitrogen and oxygen atoms in total. The standard InChI is InChI=1S/C14H19NO3.C10H12OS/c1-9(2)8-13(16)15-10(3)11-4-6-12(7-5-11)14(17)18;11-7-8-2-1-3-10(6-8)12-9-4-5-9/h4-7,9-10H,8H2,1-3H3,(H,15,16)(H,17,18);1-3,6,9,11H,4-5,7H2. The predicted octanol–water partition coefficient (Wildman–Crippen LogP) is 5.04. The van der Waals surface area contributed by atoms with Crippen molar-refractivity contribution in [1.29, 1.82) is 0 Å². The molecule has 0 saturated heterocycles. The molecule has 1 amide bonds. The van der Waals surface area contributed by atoms with Crippen molar-refractivity contribution in [2.45, 2.75) is 62.8 Å². The minimum Gasteiger partial charge on any atom is -0.478 e. The molecule has 1 fully saturated rings. The molecule has 1 aliphatic rings. The Bertz CT molecular complexity index is 831. The summed E-state index contributed by atoms with van der Waals surface area (Å²) < 4.78 is 0. The Morgan fingerprint density at radius 2 is 1.77 bits per heavy atom. The Morgan fingerprint density at radius 1 is 1.10 bits per heavy atom. The third kappa shape index (κ3) is 8.59. The average Bonchev–Trinajstić information content (AvgIpc) is 3.52. The zero-order chi connectivity index (χ0) is 22.1. The highest BCUT2D eigenvalue weighted by Crippen LogP contribution is 2.39. The van der Waals surface area contributed by atoms with Gasteiger partial charge in [-0.3, -0.25) is 4.79 Å². The van der Waals surface area contributed by atoms with E-state index in [1.165, 1.54) is 17.7 Å². The lowest BCUT2D eigenvalue weighted by atomic mass is 10.1. The number of hydrogen-bond donors (Lipinski definition) is 3. The molecule has 1 unspecified atom stereocenters. The third-order valence-electron chi connectivity index (χ3n) is 4.54. The van der Waals surface area contributed by atoms with Crippen molar-refractivity contribution in [2.24, 2.45) is 5.92 Å². The second kappa shape index (κ2) is 11.8. The van der Waals surface area contributed by atoms with Gasteiger partial charge in [-0.25, -0.2) is 4.79 Å². The maximum absolute atomic E-state index is 11.6. The number of carboxylic acid groups (broad SMARTS) is 1. The van der Waals surface area contributed by atoms with Gasteiger partial charge in [0.2, 0.25) is 5.91 Å². The number of thioether (sulfide) groups is 1. The molecule has 0 heterocycles. The molecule has 1 aliphatic carbocycles. The molecule has 0 spiro atoms. The molecule has 30 heavy (non-hydrogen) atoms. The first kappa shape index (κ1) is 24.0. The summed E-state index contributed by atoms with van der Waals surface area (Å²) in [5, 5.41) is 21.4. The molecule has 3 rings (SSSR count). The van der Waals surface area contributed by atoms with Crippen LogP contribution in [0.1, 0.15) is 67.6 Å². The van der Waals surface area contributed by atoms with Crippen molar-refractivity contribution in [2.75, 3.05) is 0 Å². The second-order valence-electron chi connectivity index (χ2n) is 7.94. The van der Waals surface area contributed by atoms with Crippen LogP contribution < -0.4 is 5.32 Å². The Labute approximate surface area is 182 Å². The van der Waals surface area contributed by atoms with Crippen molar-refractivity contribution in [3.05, 3.63) is 65.2 Å². The van der Waals surface area contributed by atoms with Crippen LogP contribution in [0.3, 0.4) is 0 Å². The number of aromatic carboxylic acids is 1. The van der Waals surface area contributed by atoms with Crippen LogP contribution in [0.2, 0.25) is 0 Å². The van der Waals surface area contributed by atoms with E-state index in [0.717, 1.165) is 16.4 Å². The van der Waals surface area contributed by atoms with E-state index in [-0.39, 0.29) is 24.1 Å². The van der Waals surface area contributed by atoms with Crippen molar-refractivity contribution in [1.82, 2.24) is 5.32 Å². The number of carboxylic acids is 1. The molecule has 1 atom stereocenters. The first-order valence-electron chi connectivity index (χ1n) is 10.3. The van der Waals surface area contributed by atoms with Crippen molar-refractivity contribution in [3.63, 3.8) is 0 Å². The molecule has 3 N–H and O–H groups in total. The lowest BCUT2D eigenvalue weighted by Crippen LogP contribution is -2.27. The molecule has 0 radical (unpaired) electrons. The summed E-state index contributed by atoms with van der Waals surface area (Å²) in [6.07, 6.45) is 3.21. The SMILES string of the molecule is CC(C)CC(=O)NC(C)c1ccc(C(=O)O)cc1.OCc1cccc(SC2CC2)c1. The summed E-state index contributed by atoms with van der Waals surface area (Å²) in [5.74, 6) is -0.607. The van der Waals surface area contributed by atoms with E-state index in [0.29, 0.717) is 12.3 Å². The maximum atomic E-state index is 11.6. The van der Waals surface area contributed by atoms with Gasteiger partial charge in [-0.2, -0.15) is 0 Å². The molecule has 2 aromatic rings. The maximum Gasteiger partial charge on any atom is 0.335 e. The molecular weight excluding hydrogens is 398 g/mol. The van der Waals surface area contributed by atoms with E-state index in [1.54, 1.807) is 24.3 Å². The first-order valence-corrected chi connectivity index (χ1v) is 11.2. The number of hydrogen-bond acceptors (Lipinski definition) is 4. The van der Waals surface area contributed by atoms with E-state index in [4.69, 9.17) is 10.2 Å². The molecule has 6 heteroatoms. The predicted molar refractivity (Wildman–Crippen MR) is 121 cm³/mol. The molecule has 0 aromatic heterocycles. The summed E-state index contributed by atoms with van der Waals surface area (Å²) in [7, 11) is 0. The number of carbonyl (C=O) groups is 2. The van der Waals surface area contributed by atoms with Crippen LogP contribution in [0.25, 0.3) is 0 Å². The fourth-order valence-electron chi connectivity index (χ4n) is 2.76. The van der Waals surface area contributed by atoms with Gasteiger partial charge in [-0.15, -0.1) is 11.8 Å². The van der Waals surface area contributed by atoms with Gasteiger partial charge in [0, 0.05) is 16.6 Å². The molecule has 0 aliphatic heterocycles. The number of carbonyl (C=O) groups excluding carboxylic acids is 1. The largest absolute Gasteiger partial charge is 0.478 e. The third-order valence-corrected chi connectivity index (χ3v) is 5.87. The van der Waals surface area contributed by atoms with Gasteiger partial charge in [-0.1, -0.05) is 38.1 Å². The smallest absolute Gasteiger partial charge is 0.335 e. The highest BCUT2D eigenvalue weighted by atomic mass is 32.2. The Hall–Kier alpha value is -2.31. The molecule has 162 valence electrons. The van der Waals surface area contributed by atoms with Gasteiger partial charge < -0.3 is 15.5 Å². The summed E-state index contributed by atoms with van der Waals surface area (Å²) in [4.78, 5) is 23.6. The topological polar surface area (TPSA) is 86.6 Å². The summed E-state index contributed by atoms with van der Waals surface area (Å²) in [6, 6.07) is 14.6. The van der Waals surface area contributed by atoms with Crippen molar-refractivity contribution < 1.29 is 19.8 Å². The number of amides is 1. The second-order valence-corrected chi connectivity index (χ2v) is 9.31. The van der Waals surface area contributed by atoms with Crippen molar-refractivity contribution >= 4 is 23.6 Å². The number of benzene rings is 2. The minimum atomic E-state index is -0.946. The average molecular weight is 430 g/mol. The number of nitrogens with one attached hydrogen (secondary N) is 1. The van der Waals surface area contributed by atoms with Crippen LogP contribution in [0, 0.1) is 5.92 Å². The lowest BCUT2D eigenvalue weighted by molar-refractivity contribution is -0.122. The molecule has 1 saturated carbocycles. The van der Waals surface area contributed by atoms with Gasteiger partial charge in [-0.05, 0) is 61.1 Å².